The molecule has 0 saturated carbocycles. The second-order valence-electron chi connectivity index (χ2n) is 3.62. The van der Waals surface area contributed by atoms with Crippen LogP contribution < -0.4 is 14.8 Å². The van der Waals surface area contributed by atoms with Crippen molar-refractivity contribution in [3.05, 3.63) is 18.2 Å². The molecule has 0 radical (unpaired) electrons. The molecule has 1 aliphatic heterocycles. The summed E-state index contributed by atoms with van der Waals surface area (Å²) < 4.78 is 10.1. The third kappa shape index (κ3) is 3.07. The molecule has 0 atom stereocenters. The molecule has 2 heterocycles. The van der Waals surface area contributed by atoms with Gasteiger partial charge in [0.15, 0.2) is 0 Å². The minimum absolute atomic E-state index is 0.257. The average molecular weight is 237 g/mol. The van der Waals surface area contributed by atoms with Crippen molar-refractivity contribution in [1.82, 2.24) is 15.2 Å². The van der Waals surface area contributed by atoms with E-state index in [0.717, 1.165) is 13.1 Å². The fraction of sp³-hybridized carbons (Fsp3) is 0.455. The van der Waals surface area contributed by atoms with Gasteiger partial charge in [0.25, 0.3) is 0 Å². The van der Waals surface area contributed by atoms with Crippen LogP contribution in [0.1, 0.15) is 0 Å². The van der Waals surface area contributed by atoms with E-state index in [2.05, 4.69) is 10.3 Å². The summed E-state index contributed by atoms with van der Waals surface area (Å²) in [7, 11) is 1.52. The Hall–Kier alpha value is -1.82. The number of aromatic nitrogens is 1. The number of rotatable bonds is 2. The molecule has 0 bridgehead atoms. The molecule has 2 rings (SSSR count). The number of methoxy groups -OCH3 is 1. The molecule has 6 nitrogen and oxygen atoms in total. The zero-order chi connectivity index (χ0) is 12.1. The van der Waals surface area contributed by atoms with E-state index < -0.39 is 0 Å². The van der Waals surface area contributed by atoms with Crippen LogP contribution in [0.15, 0.2) is 18.2 Å². The van der Waals surface area contributed by atoms with Crippen LogP contribution in [0, 0.1) is 0 Å². The van der Waals surface area contributed by atoms with Crippen LogP contribution in [-0.2, 0) is 0 Å². The number of pyridine rings is 1. The second-order valence-corrected chi connectivity index (χ2v) is 3.62. The van der Waals surface area contributed by atoms with Gasteiger partial charge in [-0.15, -0.1) is 0 Å². The van der Waals surface area contributed by atoms with Crippen molar-refractivity contribution in [2.75, 3.05) is 33.3 Å². The smallest absolute Gasteiger partial charge is 0.416 e. The molecule has 1 fully saturated rings. The Bertz CT molecular complexity index is 391. The van der Waals surface area contributed by atoms with Crippen molar-refractivity contribution in [3.63, 3.8) is 0 Å². The minimum atomic E-state index is -0.368. The van der Waals surface area contributed by atoms with E-state index in [-0.39, 0.29) is 12.0 Å². The lowest BCUT2D eigenvalue weighted by Crippen LogP contribution is -2.47. The molecule has 1 N–H and O–H groups in total. The third-order valence-corrected chi connectivity index (χ3v) is 2.47. The molecular weight excluding hydrogens is 222 g/mol. The van der Waals surface area contributed by atoms with Crippen LogP contribution >= 0.6 is 0 Å². The summed E-state index contributed by atoms with van der Waals surface area (Å²) in [6.07, 6.45) is -0.368. The summed E-state index contributed by atoms with van der Waals surface area (Å²) >= 11 is 0. The van der Waals surface area contributed by atoms with Crippen molar-refractivity contribution in [2.24, 2.45) is 0 Å². The van der Waals surface area contributed by atoms with Gasteiger partial charge in [-0.05, 0) is 0 Å². The largest absolute Gasteiger partial charge is 0.481 e. The maximum atomic E-state index is 11.8. The summed E-state index contributed by atoms with van der Waals surface area (Å²) in [5, 5.41) is 3.17. The van der Waals surface area contributed by atoms with Crippen molar-refractivity contribution >= 4 is 6.09 Å². The van der Waals surface area contributed by atoms with Gasteiger partial charge in [0.05, 0.1) is 7.11 Å². The first-order valence-electron chi connectivity index (χ1n) is 5.48. The Balaban J connectivity index is 1.96. The zero-order valence-electron chi connectivity index (χ0n) is 9.68. The monoisotopic (exact) mass is 237 g/mol. The van der Waals surface area contributed by atoms with Crippen LogP contribution in [0.25, 0.3) is 0 Å². The molecule has 0 unspecified atom stereocenters. The van der Waals surface area contributed by atoms with Crippen molar-refractivity contribution in [1.29, 1.82) is 0 Å². The van der Waals surface area contributed by atoms with Crippen LogP contribution in [0.2, 0.25) is 0 Å². The fourth-order valence-electron chi connectivity index (χ4n) is 1.57. The summed E-state index contributed by atoms with van der Waals surface area (Å²) in [6.45, 7) is 2.90. The van der Waals surface area contributed by atoms with Gasteiger partial charge in [-0.1, -0.05) is 6.07 Å². The predicted molar refractivity (Wildman–Crippen MR) is 61.3 cm³/mol. The number of piperazine rings is 1. The van der Waals surface area contributed by atoms with E-state index in [1.165, 1.54) is 7.11 Å². The van der Waals surface area contributed by atoms with E-state index in [1.54, 1.807) is 23.1 Å². The molecule has 1 aliphatic rings. The predicted octanol–water partition coefficient (Wildman–Crippen LogP) is 0.494. The normalized spacial score (nSPS) is 15.5. The molecule has 0 aliphatic carbocycles. The van der Waals surface area contributed by atoms with Gasteiger partial charge in [-0.25, -0.2) is 4.79 Å². The van der Waals surface area contributed by atoms with E-state index >= 15 is 0 Å². The van der Waals surface area contributed by atoms with Gasteiger partial charge in [0, 0.05) is 38.3 Å². The van der Waals surface area contributed by atoms with Gasteiger partial charge in [0.2, 0.25) is 11.8 Å². The molecule has 1 aromatic heterocycles. The van der Waals surface area contributed by atoms with Crippen LogP contribution in [0.4, 0.5) is 4.79 Å². The number of amides is 1. The molecule has 17 heavy (non-hydrogen) atoms. The van der Waals surface area contributed by atoms with Crippen molar-refractivity contribution in [3.8, 4) is 11.8 Å². The number of hydrogen-bond donors (Lipinski definition) is 1. The van der Waals surface area contributed by atoms with Gasteiger partial charge in [-0.3, -0.25) is 0 Å². The standard InChI is InChI=1S/C11H15N3O3/c1-16-9-3-2-4-10(13-9)17-11(15)14-7-5-12-6-8-14/h2-4,12H,5-8H2,1H3. The summed E-state index contributed by atoms with van der Waals surface area (Å²) in [4.78, 5) is 17.4. The first-order chi connectivity index (χ1) is 8.29. The highest BCUT2D eigenvalue weighted by Gasteiger charge is 2.18. The molecule has 6 heteroatoms. The Labute approximate surface area is 99.5 Å². The Morgan fingerprint density at radius 1 is 1.35 bits per heavy atom. The van der Waals surface area contributed by atoms with E-state index in [4.69, 9.17) is 9.47 Å². The Morgan fingerprint density at radius 2 is 2.06 bits per heavy atom. The highest BCUT2D eigenvalue weighted by atomic mass is 16.6. The van der Waals surface area contributed by atoms with Gasteiger partial charge in [0.1, 0.15) is 0 Å². The number of ether oxygens (including phenoxy) is 2. The lowest BCUT2D eigenvalue weighted by molar-refractivity contribution is 0.144. The number of carbonyl (C=O) groups is 1. The Kier molecular flexibility index (Phi) is 3.77. The molecule has 1 saturated heterocycles. The van der Waals surface area contributed by atoms with Crippen LogP contribution in [0.5, 0.6) is 11.8 Å². The molecule has 92 valence electrons. The topological polar surface area (TPSA) is 63.7 Å². The summed E-state index contributed by atoms with van der Waals surface area (Å²) in [5.41, 5.74) is 0. The van der Waals surface area contributed by atoms with Crippen molar-refractivity contribution in [2.45, 2.75) is 0 Å². The quantitative estimate of drug-likeness (QED) is 0.811. The van der Waals surface area contributed by atoms with Crippen molar-refractivity contribution < 1.29 is 14.3 Å². The van der Waals surface area contributed by atoms with E-state index in [0.29, 0.717) is 19.0 Å². The van der Waals surface area contributed by atoms with E-state index in [9.17, 15) is 4.79 Å². The lowest BCUT2D eigenvalue weighted by atomic mass is 10.4. The maximum absolute atomic E-state index is 11.8. The highest BCUT2D eigenvalue weighted by Crippen LogP contribution is 2.13. The summed E-state index contributed by atoms with van der Waals surface area (Å²) in [5.74, 6) is 0.684. The van der Waals surface area contributed by atoms with Gasteiger partial charge < -0.3 is 19.7 Å². The second kappa shape index (κ2) is 5.49. The molecule has 1 amide bonds. The number of hydrogen-bond acceptors (Lipinski definition) is 5. The lowest BCUT2D eigenvalue weighted by Gasteiger charge is -2.26. The van der Waals surface area contributed by atoms with Gasteiger partial charge >= 0.3 is 6.09 Å². The molecule has 0 aromatic carbocycles. The Morgan fingerprint density at radius 3 is 2.76 bits per heavy atom. The number of nitrogens with zero attached hydrogens (tertiary/aromatic N) is 2. The molecule has 1 aromatic rings. The SMILES string of the molecule is COc1cccc(OC(=O)N2CCNCC2)n1. The first kappa shape index (κ1) is 11.7. The molecule has 0 spiro atoms. The minimum Gasteiger partial charge on any atom is -0.481 e. The first-order valence-corrected chi connectivity index (χ1v) is 5.48. The van der Waals surface area contributed by atoms with E-state index in [1.807, 2.05) is 0 Å². The number of carbonyl (C=O) groups excluding carboxylic acids is 1. The molecular formula is C11H15N3O3. The third-order valence-electron chi connectivity index (χ3n) is 2.47. The zero-order valence-corrected chi connectivity index (χ0v) is 9.68. The number of nitrogens with one attached hydrogen (secondary N) is 1. The fourth-order valence-corrected chi connectivity index (χ4v) is 1.57. The maximum Gasteiger partial charge on any atom is 0.416 e. The van der Waals surface area contributed by atoms with Crippen LogP contribution in [0.3, 0.4) is 0 Å². The van der Waals surface area contributed by atoms with Crippen LogP contribution in [-0.4, -0.2) is 49.3 Å². The highest BCUT2D eigenvalue weighted by molar-refractivity contribution is 5.70. The van der Waals surface area contributed by atoms with Gasteiger partial charge in [-0.2, -0.15) is 4.98 Å². The average Bonchev–Trinajstić information content (AvgIpc) is 2.40. The summed E-state index contributed by atoms with van der Waals surface area (Å²) in [6, 6.07) is 5.05.